The Balaban J connectivity index is 1.53. The molecule has 0 aromatic heterocycles. The van der Waals surface area contributed by atoms with Crippen LogP contribution in [0.15, 0.2) is 77.7 Å². The van der Waals surface area contributed by atoms with Crippen molar-refractivity contribution < 1.29 is 18.7 Å². The normalized spacial score (nSPS) is 14.1. The minimum absolute atomic E-state index is 0.233. The standard InChI is InChI=1S/C27H31N3O4S/c1-19-9-6-7-14-25(19)35(33,34)29-27(32)28-24(17-20-10-4-3-5-11-20)26(31)30(2)23-16-15-21-12-8-13-22(21)18-23/h3-7,9-11,14-16,18,24,33-34H,8,12-13,17H2,1-2H3,(H2,28,29,32)/t24-/m0/s1. The number of nitrogens with one attached hydrogen (secondary N) is 2. The van der Waals surface area contributed by atoms with E-state index < -0.39 is 22.8 Å². The van der Waals surface area contributed by atoms with Gasteiger partial charge in [0.1, 0.15) is 6.04 Å². The second-order valence-corrected chi connectivity index (χ2v) is 10.6. The smallest absolute Gasteiger partial charge is 0.325 e. The summed E-state index contributed by atoms with van der Waals surface area (Å²) in [5.74, 6) is -0.297. The molecule has 0 heterocycles. The van der Waals surface area contributed by atoms with Gasteiger partial charge in [-0.2, -0.15) is 0 Å². The van der Waals surface area contributed by atoms with Crippen LogP contribution in [0.4, 0.5) is 10.5 Å². The van der Waals surface area contributed by atoms with Crippen molar-refractivity contribution in [3.05, 3.63) is 95.1 Å². The van der Waals surface area contributed by atoms with Crippen molar-refractivity contribution in [1.82, 2.24) is 10.0 Å². The topological polar surface area (TPSA) is 102 Å². The fourth-order valence-corrected chi connectivity index (χ4v) is 5.64. The molecule has 0 fully saturated rings. The number of carbonyl (C=O) groups excluding carboxylic acids is 2. The van der Waals surface area contributed by atoms with Crippen molar-refractivity contribution in [1.29, 1.82) is 0 Å². The van der Waals surface area contributed by atoms with E-state index in [2.05, 4.69) is 16.1 Å². The molecule has 0 radical (unpaired) electrons. The molecule has 0 saturated carbocycles. The van der Waals surface area contributed by atoms with Crippen molar-refractivity contribution in [3.63, 3.8) is 0 Å². The zero-order chi connectivity index (χ0) is 25.0. The second kappa shape index (κ2) is 10.5. The lowest BCUT2D eigenvalue weighted by Crippen LogP contribution is -2.52. The van der Waals surface area contributed by atoms with Gasteiger partial charge in [0.2, 0.25) is 5.91 Å². The first-order valence-corrected chi connectivity index (χ1v) is 13.1. The number of nitrogens with zero attached hydrogens (tertiary/aromatic N) is 1. The fourth-order valence-electron chi connectivity index (χ4n) is 4.43. The highest BCUT2D eigenvalue weighted by molar-refractivity contribution is 8.23. The van der Waals surface area contributed by atoms with Crippen molar-refractivity contribution in [2.75, 3.05) is 11.9 Å². The first-order valence-electron chi connectivity index (χ1n) is 11.6. The van der Waals surface area contributed by atoms with E-state index in [1.54, 1.807) is 43.1 Å². The van der Waals surface area contributed by atoms with Crippen LogP contribution >= 0.6 is 10.8 Å². The molecule has 0 saturated heterocycles. The lowest BCUT2D eigenvalue weighted by molar-refractivity contribution is -0.120. The van der Waals surface area contributed by atoms with Gasteiger partial charge in [-0.25, -0.2) is 9.52 Å². The largest absolute Gasteiger partial charge is 0.334 e. The number of anilines is 1. The maximum atomic E-state index is 13.5. The molecule has 3 amide bonds. The lowest BCUT2D eigenvalue weighted by Gasteiger charge is -2.34. The molecule has 0 bridgehead atoms. The molecule has 0 unspecified atom stereocenters. The van der Waals surface area contributed by atoms with Gasteiger partial charge in [-0.3, -0.25) is 13.9 Å². The molecule has 35 heavy (non-hydrogen) atoms. The molecule has 1 aliphatic rings. The van der Waals surface area contributed by atoms with Crippen LogP contribution in [0.2, 0.25) is 0 Å². The Morgan fingerprint density at radius 3 is 2.40 bits per heavy atom. The summed E-state index contributed by atoms with van der Waals surface area (Å²) in [5.41, 5.74) is 4.84. The number of benzene rings is 3. The molecule has 0 spiro atoms. The number of fused-ring (bicyclic) bond motifs is 1. The molecule has 184 valence electrons. The predicted molar refractivity (Wildman–Crippen MR) is 140 cm³/mol. The molecule has 1 aliphatic carbocycles. The van der Waals surface area contributed by atoms with Gasteiger partial charge in [0, 0.05) is 19.2 Å². The Morgan fingerprint density at radius 2 is 1.66 bits per heavy atom. The molecule has 8 heteroatoms. The van der Waals surface area contributed by atoms with Crippen LogP contribution in [-0.2, 0) is 24.1 Å². The van der Waals surface area contributed by atoms with Crippen molar-refractivity contribution >= 4 is 28.4 Å². The molecule has 4 N–H and O–H groups in total. The number of rotatable bonds is 7. The summed E-state index contributed by atoms with van der Waals surface area (Å²) in [7, 11) is -1.91. The molecule has 3 aromatic rings. The van der Waals surface area contributed by atoms with E-state index in [1.807, 2.05) is 42.5 Å². The zero-order valence-corrected chi connectivity index (χ0v) is 20.7. The molecule has 7 nitrogen and oxygen atoms in total. The van der Waals surface area contributed by atoms with Gasteiger partial charge < -0.3 is 10.2 Å². The van der Waals surface area contributed by atoms with Gasteiger partial charge in [-0.1, -0.05) is 65.4 Å². The van der Waals surface area contributed by atoms with Crippen molar-refractivity contribution in [2.45, 2.75) is 43.5 Å². The Hall–Kier alpha value is -3.33. The summed E-state index contributed by atoms with van der Waals surface area (Å²) in [6, 6.07) is 20.4. The Morgan fingerprint density at radius 1 is 0.971 bits per heavy atom. The van der Waals surface area contributed by atoms with Gasteiger partial charge in [0.15, 0.2) is 0 Å². The molecular formula is C27H31N3O4S. The van der Waals surface area contributed by atoms with Crippen molar-refractivity contribution in [2.24, 2.45) is 0 Å². The number of hydrogen-bond donors (Lipinski definition) is 4. The third-order valence-corrected chi connectivity index (χ3v) is 7.86. The summed E-state index contributed by atoms with van der Waals surface area (Å²) in [6.07, 6.45) is 3.42. The zero-order valence-electron chi connectivity index (χ0n) is 19.9. The number of aryl methyl sites for hydroxylation is 3. The van der Waals surface area contributed by atoms with E-state index in [1.165, 1.54) is 11.1 Å². The Bertz CT molecular complexity index is 1220. The van der Waals surface area contributed by atoms with E-state index in [4.69, 9.17) is 0 Å². The number of urea groups is 1. The summed E-state index contributed by atoms with van der Waals surface area (Å²) in [4.78, 5) is 28.2. The van der Waals surface area contributed by atoms with Crippen LogP contribution in [0, 0.1) is 6.92 Å². The van der Waals surface area contributed by atoms with Crippen LogP contribution in [0.25, 0.3) is 0 Å². The van der Waals surface area contributed by atoms with Crippen LogP contribution in [-0.4, -0.2) is 34.1 Å². The fraction of sp³-hybridized carbons (Fsp3) is 0.259. The lowest BCUT2D eigenvalue weighted by atomic mass is 10.0. The van der Waals surface area contributed by atoms with Gasteiger partial charge in [-0.05, 0) is 66.6 Å². The molecule has 1 atom stereocenters. The van der Waals surface area contributed by atoms with Crippen LogP contribution in [0.3, 0.4) is 0 Å². The van der Waals surface area contributed by atoms with Crippen LogP contribution < -0.4 is 14.9 Å². The third-order valence-electron chi connectivity index (χ3n) is 6.32. The van der Waals surface area contributed by atoms with Crippen molar-refractivity contribution in [3.8, 4) is 0 Å². The van der Waals surface area contributed by atoms with Gasteiger partial charge in [0.05, 0.1) is 4.90 Å². The summed E-state index contributed by atoms with van der Waals surface area (Å²) >= 11 is 0. The van der Waals surface area contributed by atoms with E-state index in [-0.39, 0.29) is 17.2 Å². The Labute approximate surface area is 207 Å². The average Bonchev–Trinajstić information content (AvgIpc) is 3.31. The monoisotopic (exact) mass is 493 g/mol. The first kappa shape index (κ1) is 24.8. The summed E-state index contributed by atoms with van der Waals surface area (Å²) < 4.78 is 23.5. The van der Waals surface area contributed by atoms with Crippen LogP contribution in [0.5, 0.6) is 0 Å². The van der Waals surface area contributed by atoms with Crippen LogP contribution in [0.1, 0.15) is 28.7 Å². The number of amides is 3. The van der Waals surface area contributed by atoms with Gasteiger partial charge >= 0.3 is 6.03 Å². The molecule has 4 rings (SSSR count). The Kier molecular flexibility index (Phi) is 7.45. The number of likely N-dealkylation sites (N-methyl/N-ethyl adjacent to an activating group) is 1. The maximum absolute atomic E-state index is 13.5. The molecule has 0 aliphatic heterocycles. The highest BCUT2D eigenvalue weighted by Crippen LogP contribution is 2.45. The molecule has 3 aromatic carbocycles. The quantitative estimate of drug-likeness (QED) is 0.369. The van der Waals surface area contributed by atoms with E-state index >= 15 is 0 Å². The van der Waals surface area contributed by atoms with E-state index in [0.29, 0.717) is 5.56 Å². The second-order valence-electron chi connectivity index (χ2n) is 8.84. The predicted octanol–water partition coefficient (Wildman–Crippen LogP) is 5.08. The molecular weight excluding hydrogens is 462 g/mol. The average molecular weight is 494 g/mol. The minimum atomic E-state index is -3.60. The first-order chi connectivity index (χ1) is 16.7. The highest BCUT2D eigenvalue weighted by Gasteiger charge is 2.28. The summed E-state index contributed by atoms with van der Waals surface area (Å²) in [5, 5.41) is 2.67. The highest BCUT2D eigenvalue weighted by atomic mass is 32.3. The van der Waals surface area contributed by atoms with Gasteiger partial charge in [0.25, 0.3) is 0 Å². The minimum Gasteiger partial charge on any atom is -0.325 e. The van der Waals surface area contributed by atoms with E-state index in [0.717, 1.165) is 30.5 Å². The number of hydrogen-bond acceptors (Lipinski definition) is 4. The summed E-state index contributed by atoms with van der Waals surface area (Å²) in [6.45, 7) is 1.73. The maximum Gasteiger partial charge on any atom is 0.334 e. The number of carbonyl (C=O) groups is 2. The third kappa shape index (κ3) is 5.85. The SMILES string of the molecule is Cc1ccccc1S(O)(O)NC(=O)N[C@@H](Cc1ccccc1)C(=O)N(C)c1ccc2c(c1)CCC2. The van der Waals surface area contributed by atoms with Gasteiger partial charge in [-0.15, -0.1) is 0 Å². The van der Waals surface area contributed by atoms with E-state index in [9.17, 15) is 18.7 Å².